The van der Waals surface area contributed by atoms with Crippen LogP contribution in [0.25, 0.3) is 11.3 Å². The molecule has 32 heavy (non-hydrogen) atoms. The lowest BCUT2D eigenvalue weighted by atomic mass is 10.1. The van der Waals surface area contributed by atoms with Gasteiger partial charge in [0.1, 0.15) is 0 Å². The Hall–Kier alpha value is -3.72. The zero-order valence-corrected chi connectivity index (χ0v) is 18.0. The Morgan fingerprint density at radius 3 is 2.56 bits per heavy atom. The topological polar surface area (TPSA) is 97.8 Å². The van der Waals surface area contributed by atoms with Crippen molar-refractivity contribution in [3.05, 3.63) is 58.5 Å². The molecule has 9 heteroatoms. The molecule has 0 atom stereocenters. The fourth-order valence-corrected chi connectivity index (χ4v) is 4.64. The molecule has 0 radical (unpaired) electrons. The van der Waals surface area contributed by atoms with E-state index in [1.165, 1.54) is 16.2 Å². The SMILES string of the molecule is Cc1sc(NC(=O)CCCN2C(=O)c3ccccc3C2=O)nc1-c1ccc2c(c1)OCO2. The van der Waals surface area contributed by atoms with Crippen LogP contribution in [0.1, 0.15) is 38.4 Å². The predicted molar refractivity (Wildman–Crippen MR) is 118 cm³/mol. The number of carbonyl (C=O) groups excluding carboxylic acids is 3. The number of nitrogens with one attached hydrogen (secondary N) is 1. The van der Waals surface area contributed by atoms with Crippen molar-refractivity contribution in [1.29, 1.82) is 0 Å². The molecule has 1 N–H and O–H groups in total. The Morgan fingerprint density at radius 2 is 1.81 bits per heavy atom. The zero-order chi connectivity index (χ0) is 22.2. The smallest absolute Gasteiger partial charge is 0.261 e. The van der Waals surface area contributed by atoms with E-state index in [1.54, 1.807) is 24.3 Å². The van der Waals surface area contributed by atoms with Crippen molar-refractivity contribution >= 4 is 34.2 Å². The summed E-state index contributed by atoms with van der Waals surface area (Å²) >= 11 is 1.39. The van der Waals surface area contributed by atoms with Crippen LogP contribution in [-0.4, -0.2) is 40.9 Å². The van der Waals surface area contributed by atoms with E-state index >= 15 is 0 Å². The van der Waals surface area contributed by atoms with Crippen LogP contribution in [0.2, 0.25) is 0 Å². The van der Waals surface area contributed by atoms with Gasteiger partial charge in [-0.05, 0) is 43.7 Å². The fraction of sp³-hybridized carbons (Fsp3) is 0.217. The molecule has 0 bridgehead atoms. The van der Waals surface area contributed by atoms with Gasteiger partial charge in [-0.15, -0.1) is 11.3 Å². The van der Waals surface area contributed by atoms with Crippen molar-refractivity contribution in [1.82, 2.24) is 9.88 Å². The van der Waals surface area contributed by atoms with Gasteiger partial charge in [0.05, 0.1) is 16.8 Å². The second-order valence-corrected chi connectivity index (χ2v) is 8.65. The number of fused-ring (bicyclic) bond motifs is 2. The molecule has 1 aromatic heterocycles. The quantitative estimate of drug-likeness (QED) is 0.574. The van der Waals surface area contributed by atoms with Crippen LogP contribution in [-0.2, 0) is 4.79 Å². The van der Waals surface area contributed by atoms with E-state index in [2.05, 4.69) is 10.3 Å². The van der Waals surface area contributed by atoms with Crippen LogP contribution in [0.3, 0.4) is 0 Å². The first kappa shape index (κ1) is 20.2. The monoisotopic (exact) mass is 449 g/mol. The summed E-state index contributed by atoms with van der Waals surface area (Å²) < 4.78 is 10.8. The van der Waals surface area contributed by atoms with Gasteiger partial charge in [-0.3, -0.25) is 19.3 Å². The van der Waals surface area contributed by atoms with Crippen LogP contribution in [0.15, 0.2) is 42.5 Å². The Labute approximate surface area is 187 Å². The number of carbonyl (C=O) groups is 3. The summed E-state index contributed by atoms with van der Waals surface area (Å²) in [5.74, 6) is 0.541. The summed E-state index contributed by atoms with van der Waals surface area (Å²) in [6.07, 6.45) is 0.544. The van der Waals surface area contributed by atoms with Gasteiger partial charge in [0.15, 0.2) is 16.6 Å². The summed E-state index contributed by atoms with van der Waals surface area (Å²) in [5, 5.41) is 3.32. The number of aromatic nitrogens is 1. The normalized spacial score (nSPS) is 14.1. The van der Waals surface area contributed by atoms with Crippen molar-refractivity contribution in [2.24, 2.45) is 0 Å². The number of thiazole rings is 1. The molecule has 0 aliphatic carbocycles. The first-order valence-electron chi connectivity index (χ1n) is 10.1. The van der Waals surface area contributed by atoms with E-state index in [-0.39, 0.29) is 37.5 Å². The van der Waals surface area contributed by atoms with E-state index in [4.69, 9.17) is 9.47 Å². The van der Waals surface area contributed by atoms with Gasteiger partial charge < -0.3 is 14.8 Å². The number of hydrogen-bond acceptors (Lipinski definition) is 7. The van der Waals surface area contributed by atoms with E-state index in [0.29, 0.717) is 34.2 Å². The molecule has 3 heterocycles. The van der Waals surface area contributed by atoms with Crippen LogP contribution >= 0.6 is 11.3 Å². The molecule has 0 saturated heterocycles. The lowest BCUT2D eigenvalue weighted by Crippen LogP contribution is -2.31. The van der Waals surface area contributed by atoms with Crippen molar-refractivity contribution in [2.45, 2.75) is 19.8 Å². The number of nitrogens with zero attached hydrogens (tertiary/aromatic N) is 2. The highest BCUT2D eigenvalue weighted by Gasteiger charge is 2.34. The third-order valence-corrected chi connectivity index (χ3v) is 6.24. The van der Waals surface area contributed by atoms with E-state index < -0.39 is 0 Å². The molecule has 0 fully saturated rings. The van der Waals surface area contributed by atoms with E-state index in [9.17, 15) is 14.4 Å². The second-order valence-electron chi connectivity index (χ2n) is 7.45. The molecule has 2 aromatic carbocycles. The molecule has 0 spiro atoms. The molecular formula is C23H19N3O5S. The predicted octanol–water partition coefficient (Wildman–Crippen LogP) is 3.86. The molecular weight excluding hydrogens is 430 g/mol. The first-order valence-corrected chi connectivity index (χ1v) is 11.0. The Morgan fingerprint density at radius 1 is 1.09 bits per heavy atom. The molecule has 0 unspecified atom stereocenters. The molecule has 2 aliphatic rings. The van der Waals surface area contributed by atoms with Gasteiger partial charge in [0.25, 0.3) is 11.8 Å². The van der Waals surface area contributed by atoms with Gasteiger partial charge in [0, 0.05) is 23.4 Å². The maximum atomic E-state index is 12.4. The van der Waals surface area contributed by atoms with Gasteiger partial charge in [-0.25, -0.2) is 4.98 Å². The summed E-state index contributed by atoms with van der Waals surface area (Å²) in [6, 6.07) is 12.4. The minimum atomic E-state index is -0.310. The standard InChI is InChI=1S/C23H19N3O5S/c1-13-20(14-8-9-17-18(11-14)31-12-30-17)25-23(32-13)24-19(27)7-4-10-26-21(28)15-5-2-3-6-16(15)22(26)29/h2-3,5-6,8-9,11H,4,7,10,12H2,1H3,(H,24,25,27). The summed E-state index contributed by atoms with van der Waals surface area (Å²) in [4.78, 5) is 43.9. The number of amides is 3. The van der Waals surface area contributed by atoms with Gasteiger partial charge in [0.2, 0.25) is 12.7 Å². The van der Waals surface area contributed by atoms with Crippen molar-refractivity contribution in [3.63, 3.8) is 0 Å². The number of aryl methyl sites for hydroxylation is 1. The van der Waals surface area contributed by atoms with Gasteiger partial charge in [-0.2, -0.15) is 0 Å². The third kappa shape index (κ3) is 3.60. The summed E-state index contributed by atoms with van der Waals surface area (Å²) in [6.45, 7) is 2.34. The van der Waals surface area contributed by atoms with Crippen LogP contribution < -0.4 is 14.8 Å². The number of rotatable bonds is 6. The molecule has 8 nitrogen and oxygen atoms in total. The Balaban J connectivity index is 1.18. The summed E-state index contributed by atoms with van der Waals surface area (Å²) in [5.41, 5.74) is 2.48. The van der Waals surface area contributed by atoms with Crippen LogP contribution in [0, 0.1) is 6.92 Å². The lowest BCUT2D eigenvalue weighted by Gasteiger charge is -2.13. The number of imide groups is 1. The zero-order valence-electron chi connectivity index (χ0n) is 17.2. The number of hydrogen-bond donors (Lipinski definition) is 1. The minimum absolute atomic E-state index is 0.172. The Bertz CT molecular complexity index is 1220. The van der Waals surface area contributed by atoms with Crippen molar-refractivity contribution in [2.75, 3.05) is 18.7 Å². The largest absolute Gasteiger partial charge is 0.454 e. The van der Waals surface area contributed by atoms with E-state index in [0.717, 1.165) is 16.1 Å². The second kappa shape index (κ2) is 8.08. The lowest BCUT2D eigenvalue weighted by molar-refractivity contribution is -0.116. The molecule has 3 amide bonds. The minimum Gasteiger partial charge on any atom is -0.454 e. The third-order valence-electron chi connectivity index (χ3n) is 5.35. The van der Waals surface area contributed by atoms with Gasteiger partial charge in [-0.1, -0.05) is 12.1 Å². The van der Waals surface area contributed by atoms with Crippen LogP contribution in [0.5, 0.6) is 11.5 Å². The number of ether oxygens (including phenoxy) is 2. The van der Waals surface area contributed by atoms with Gasteiger partial charge >= 0.3 is 0 Å². The summed E-state index contributed by atoms with van der Waals surface area (Å²) in [7, 11) is 0. The maximum absolute atomic E-state index is 12.4. The maximum Gasteiger partial charge on any atom is 0.261 e. The number of anilines is 1. The average molecular weight is 449 g/mol. The highest BCUT2D eigenvalue weighted by molar-refractivity contribution is 7.16. The fourth-order valence-electron chi connectivity index (χ4n) is 3.78. The first-order chi connectivity index (χ1) is 15.5. The van der Waals surface area contributed by atoms with Crippen molar-refractivity contribution < 1.29 is 23.9 Å². The number of benzene rings is 2. The van der Waals surface area contributed by atoms with Crippen molar-refractivity contribution in [3.8, 4) is 22.8 Å². The highest BCUT2D eigenvalue weighted by atomic mass is 32.1. The van der Waals surface area contributed by atoms with Crippen LogP contribution in [0.4, 0.5) is 5.13 Å². The molecule has 2 aliphatic heterocycles. The van der Waals surface area contributed by atoms with E-state index in [1.807, 2.05) is 25.1 Å². The molecule has 0 saturated carbocycles. The molecule has 3 aromatic rings. The molecule has 5 rings (SSSR count). The molecule has 162 valence electrons. The highest BCUT2D eigenvalue weighted by Crippen LogP contribution is 2.38. The Kier molecular flexibility index (Phi) is 5.10. The average Bonchev–Trinajstić information content (AvgIpc) is 3.46.